The number of hydrogen-bond acceptors (Lipinski definition) is 6. The van der Waals surface area contributed by atoms with Crippen molar-refractivity contribution in [2.24, 2.45) is 5.41 Å². The molecule has 0 aromatic carbocycles. The zero-order chi connectivity index (χ0) is 22.3. The molecule has 2 fully saturated rings. The summed E-state index contributed by atoms with van der Waals surface area (Å²) in [7, 11) is -3.75. The average molecular weight is 442 g/mol. The van der Waals surface area contributed by atoms with Crippen LogP contribution in [-0.2, 0) is 24.4 Å². The lowest BCUT2D eigenvalue weighted by Gasteiger charge is -2.31. The highest BCUT2D eigenvalue weighted by Gasteiger charge is 2.44. The van der Waals surface area contributed by atoms with Gasteiger partial charge >= 0.3 is 0 Å². The molecule has 9 nitrogen and oxygen atoms in total. The number of rotatable bonds is 8. The SMILES string of the molecule is CC(C)(C)CC(=O)N1CC(O)CC1C(=O)N(CCC(=O)NS(=O)(=O)C1=CC1)C1CC1. The van der Waals surface area contributed by atoms with Crippen molar-refractivity contribution in [1.82, 2.24) is 14.5 Å². The van der Waals surface area contributed by atoms with Crippen LogP contribution in [-0.4, -0.2) is 72.3 Å². The minimum Gasteiger partial charge on any atom is -0.391 e. The van der Waals surface area contributed by atoms with Crippen LogP contribution in [0.2, 0.25) is 0 Å². The van der Waals surface area contributed by atoms with E-state index in [1.165, 1.54) is 11.0 Å². The highest BCUT2D eigenvalue weighted by atomic mass is 32.2. The van der Waals surface area contributed by atoms with Crippen molar-refractivity contribution in [2.45, 2.75) is 77.5 Å². The maximum absolute atomic E-state index is 13.2. The Morgan fingerprint density at radius 3 is 2.43 bits per heavy atom. The van der Waals surface area contributed by atoms with Crippen molar-refractivity contribution in [1.29, 1.82) is 0 Å². The summed E-state index contributed by atoms with van der Waals surface area (Å²) in [6.07, 6.45) is 3.04. The van der Waals surface area contributed by atoms with Crippen molar-refractivity contribution in [2.75, 3.05) is 13.1 Å². The van der Waals surface area contributed by atoms with Crippen molar-refractivity contribution in [3.63, 3.8) is 0 Å². The zero-order valence-corrected chi connectivity index (χ0v) is 18.6. The molecule has 1 heterocycles. The predicted octanol–water partition coefficient (Wildman–Crippen LogP) is 0.499. The molecule has 168 valence electrons. The van der Waals surface area contributed by atoms with E-state index in [1.54, 1.807) is 4.90 Å². The van der Waals surface area contributed by atoms with Gasteiger partial charge in [0.1, 0.15) is 6.04 Å². The largest absolute Gasteiger partial charge is 0.391 e. The maximum Gasteiger partial charge on any atom is 0.260 e. The van der Waals surface area contributed by atoms with E-state index in [-0.39, 0.29) is 60.5 Å². The third-order valence-electron chi connectivity index (χ3n) is 5.38. The first-order chi connectivity index (χ1) is 13.9. The number of carbonyl (C=O) groups is 3. The minimum atomic E-state index is -3.75. The normalized spacial score (nSPS) is 23.7. The Morgan fingerprint density at radius 2 is 1.90 bits per heavy atom. The van der Waals surface area contributed by atoms with Crippen LogP contribution < -0.4 is 4.72 Å². The standard InChI is InChI=1S/C20H31N3O6S/c1-20(2,3)11-18(26)23-12-14(24)10-16(23)19(27)22(13-4-5-13)9-8-17(25)21-30(28,29)15-6-7-15/h6,13-14,16,24H,4-5,7-12H2,1-3H3,(H,21,25). The number of β-amino-alcohol motifs (C(OH)–C–C–N with tert-alkyl or cyclic N) is 1. The molecular weight excluding hydrogens is 410 g/mol. The second kappa shape index (κ2) is 8.30. The second-order valence-electron chi connectivity index (χ2n) is 9.60. The van der Waals surface area contributed by atoms with E-state index in [2.05, 4.69) is 0 Å². The zero-order valence-electron chi connectivity index (χ0n) is 17.8. The monoisotopic (exact) mass is 441 g/mol. The lowest BCUT2D eigenvalue weighted by atomic mass is 9.91. The summed E-state index contributed by atoms with van der Waals surface area (Å²) in [5, 5.41) is 10.1. The smallest absolute Gasteiger partial charge is 0.260 e. The summed E-state index contributed by atoms with van der Waals surface area (Å²) in [5.41, 5.74) is -0.241. The molecule has 3 amide bonds. The third-order valence-corrected chi connectivity index (χ3v) is 6.90. The van der Waals surface area contributed by atoms with E-state index in [0.717, 1.165) is 12.8 Å². The van der Waals surface area contributed by atoms with Crippen molar-refractivity contribution < 1.29 is 27.9 Å². The number of nitrogens with zero attached hydrogens (tertiary/aromatic N) is 2. The third kappa shape index (κ3) is 5.81. The number of likely N-dealkylation sites (tertiary alicyclic amines) is 1. The van der Waals surface area contributed by atoms with E-state index in [1.807, 2.05) is 25.5 Å². The van der Waals surface area contributed by atoms with Crippen LogP contribution in [0.15, 0.2) is 11.0 Å². The Morgan fingerprint density at radius 1 is 1.27 bits per heavy atom. The summed E-state index contributed by atoms with van der Waals surface area (Å²) in [6.45, 7) is 6.02. The maximum atomic E-state index is 13.2. The molecule has 0 spiro atoms. The number of sulfonamides is 1. The van der Waals surface area contributed by atoms with Gasteiger partial charge in [0, 0.05) is 44.8 Å². The Labute approximate surface area is 177 Å². The molecule has 1 aliphatic heterocycles. The van der Waals surface area contributed by atoms with Gasteiger partial charge < -0.3 is 14.9 Å². The molecule has 2 aliphatic carbocycles. The fraction of sp³-hybridized carbons (Fsp3) is 0.750. The van der Waals surface area contributed by atoms with Gasteiger partial charge in [-0.05, 0) is 18.3 Å². The fourth-order valence-corrected chi connectivity index (χ4v) is 4.73. The first kappa shape index (κ1) is 22.7. The van der Waals surface area contributed by atoms with Gasteiger partial charge in [0.25, 0.3) is 10.0 Å². The molecule has 10 heteroatoms. The van der Waals surface area contributed by atoms with Gasteiger partial charge in [-0.3, -0.25) is 14.4 Å². The van der Waals surface area contributed by atoms with Crippen molar-refractivity contribution >= 4 is 27.7 Å². The molecule has 30 heavy (non-hydrogen) atoms. The van der Waals surface area contributed by atoms with Gasteiger partial charge in [-0.25, -0.2) is 13.1 Å². The molecule has 3 rings (SSSR count). The van der Waals surface area contributed by atoms with Crippen LogP contribution in [0.5, 0.6) is 0 Å². The Bertz CT molecular complexity index is 856. The number of carbonyl (C=O) groups excluding carboxylic acids is 3. The Balaban J connectivity index is 1.63. The van der Waals surface area contributed by atoms with Gasteiger partial charge in [0.2, 0.25) is 17.7 Å². The number of amides is 3. The van der Waals surface area contributed by atoms with Gasteiger partial charge in [0.05, 0.1) is 11.0 Å². The molecule has 0 radical (unpaired) electrons. The number of aliphatic hydroxyl groups excluding tert-OH is 1. The van der Waals surface area contributed by atoms with Crippen LogP contribution in [0.25, 0.3) is 0 Å². The molecule has 2 N–H and O–H groups in total. The number of aliphatic hydroxyl groups is 1. The molecular formula is C20H31N3O6S. The van der Waals surface area contributed by atoms with Crippen molar-refractivity contribution in [3.8, 4) is 0 Å². The minimum absolute atomic E-state index is 0.00893. The van der Waals surface area contributed by atoms with Gasteiger partial charge in [-0.2, -0.15) is 0 Å². The van der Waals surface area contributed by atoms with E-state index in [0.29, 0.717) is 6.42 Å². The molecule has 1 saturated heterocycles. The van der Waals surface area contributed by atoms with E-state index in [9.17, 15) is 27.9 Å². The topological polar surface area (TPSA) is 124 Å². The summed E-state index contributed by atoms with van der Waals surface area (Å²) in [5.74, 6) is -1.11. The van der Waals surface area contributed by atoms with Gasteiger partial charge in [-0.15, -0.1) is 0 Å². The molecule has 0 aromatic rings. The number of nitrogens with one attached hydrogen (secondary N) is 1. The summed E-state index contributed by atoms with van der Waals surface area (Å²) in [6, 6.07) is -0.760. The highest BCUT2D eigenvalue weighted by molar-refractivity contribution is 7.94. The molecule has 2 unspecified atom stereocenters. The predicted molar refractivity (Wildman–Crippen MR) is 109 cm³/mol. The second-order valence-corrected chi connectivity index (χ2v) is 11.3. The lowest BCUT2D eigenvalue weighted by molar-refractivity contribution is -0.145. The highest BCUT2D eigenvalue weighted by Crippen LogP contribution is 2.31. The van der Waals surface area contributed by atoms with Crippen molar-refractivity contribution in [3.05, 3.63) is 11.0 Å². The first-order valence-corrected chi connectivity index (χ1v) is 11.9. The van der Waals surface area contributed by atoms with Gasteiger partial charge in [0.15, 0.2) is 0 Å². The van der Waals surface area contributed by atoms with Crippen LogP contribution in [0, 0.1) is 5.41 Å². The van der Waals surface area contributed by atoms with E-state index < -0.39 is 28.1 Å². The Hall–Kier alpha value is -1.94. The number of allylic oxidation sites excluding steroid dienone is 2. The molecule has 3 aliphatic rings. The molecule has 0 aromatic heterocycles. The van der Waals surface area contributed by atoms with Crippen LogP contribution in [0.1, 0.15) is 59.3 Å². The van der Waals surface area contributed by atoms with Crippen LogP contribution in [0.4, 0.5) is 0 Å². The van der Waals surface area contributed by atoms with Crippen LogP contribution >= 0.6 is 0 Å². The molecule has 0 bridgehead atoms. The summed E-state index contributed by atoms with van der Waals surface area (Å²) < 4.78 is 25.7. The van der Waals surface area contributed by atoms with E-state index >= 15 is 0 Å². The summed E-state index contributed by atoms with van der Waals surface area (Å²) >= 11 is 0. The van der Waals surface area contributed by atoms with Crippen LogP contribution in [0.3, 0.4) is 0 Å². The van der Waals surface area contributed by atoms with E-state index in [4.69, 9.17) is 0 Å². The molecule has 2 atom stereocenters. The van der Waals surface area contributed by atoms with Gasteiger partial charge in [-0.1, -0.05) is 26.8 Å². The summed E-state index contributed by atoms with van der Waals surface area (Å²) in [4.78, 5) is 41.3. The Kier molecular flexibility index (Phi) is 6.29. The average Bonchev–Trinajstić information content (AvgIpc) is 3.49. The first-order valence-electron chi connectivity index (χ1n) is 10.4. The quantitative estimate of drug-likeness (QED) is 0.565. The molecule has 1 saturated carbocycles. The number of hydrogen-bond donors (Lipinski definition) is 2. The lowest BCUT2D eigenvalue weighted by Crippen LogP contribution is -2.49. The fourth-order valence-electron chi connectivity index (χ4n) is 3.68.